The van der Waals surface area contributed by atoms with Gasteiger partial charge in [0.05, 0.1) is 11.6 Å². The third-order valence-corrected chi connectivity index (χ3v) is 6.18. The van der Waals surface area contributed by atoms with Crippen LogP contribution in [0.1, 0.15) is 17.3 Å². The highest BCUT2D eigenvalue weighted by molar-refractivity contribution is 7.08. The minimum absolute atomic E-state index is 0.236. The number of nitrogens with zero attached hydrogens (tertiary/aromatic N) is 6. The summed E-state index contributed by atoms with van der Waals surface area (Å²) in [6.07, 6.45) is 5.80. The van der Waals surface area contributed by atoms with E-state index in [4.69, 9.17) is 0 Å². The number of fused-ring (bicyclic) bond motifs is 1. The third kappa shape index (κ3) is 3.32. The molecule has 1 saturated heterocycles. The quantitative estimate of drug-likeness (QED) is 0.535. The Kier molecular flexibility index (Phi) is 4.64. The molecule has 0 amide bonds. The van der Waals surface area contributed by atoms with E-state index < -0.39 is 0 Å². The second kappa shape index (κ2) is 7.43. The smallest absolute Gasteiger partial charge is 0.109 e. The van der Waals surface area contributed by atoms with Crippen LogP contribution in [-0.4, -0.2) is 56.3 Å². The van der Waals surface area contributed by atoms with Crippen molar-refractivity contribution < 1.29 is 0 Å². The fourth-order valence-electron chi connectivity index (χ4n) is 3.87. The number of hydrogen-bond donors (Lipinski definition) is 0. The molecule has 0 aromatic carbocycles. The number of hydrogen-bond acceptors (Lipinski definition) is 6. The third-order valence-electron chi connectivity index (χ3n) is 5.50. The summed E-state index contributed by atoms with van der Waals surface area (Å²) in [4.78, 5) is 9.00. The molecule has 0 radical (unpaired) electrons. The van der Waals surface area contributed by atoms with E-state index in [2.05, 4.69) is 79.4 Å². The van der Waals surface area contributed by atoms with Gasteiger partial charge in [0.25, 0.3) is 0 Å². The second-order valence-corrected chi connectivity index (χ2v) is 8.10. The van der Waals surface area contributed by atoms with Crippen LogP contribution in [0.4, 0.5) is 0 Å². The number of piperazine rings is 1. The molecule has 0 bridgehead atoms. The minimum atomic E-state index is 0.236. The van der Waals surface area contributed by atoms with Gasteiger partial charge >= 0.3 is 0 Å². The van der Waals surface area contributed by atoms with Crippen LogP contribution in [0.2, 0.25) is 0 Å². The summed E-state index contributed by atoms with van der Waals surface area (Å²) in [5.74, 6) is 0. The maximum absolute atomic E-state index is 4.57. The van der Waals surface area contributed by atoms with E-state index in [0.29, 0.717) is 0 Å². The molecule has 0 unspecified atom stereocenters. The molecule has 142 valence electrons. The van der Waals surface area contributed by atoms with Crippen molar-refractivity contribution in [2.24, 2.45) is 0 Å². The fraction of sp³-hybridized carbons (Fsp3) is 0.286. The first-order valence-electron chi connectivity index (χ1n) is 9.47. The monoisotopic (exact) mass is 390 g/mol. The predicted molar refractivity (Wildman–Crippen MR) is 111 cm³/mol. The van der Waals surface area contributed by atoms with Crippen LogP contribution in [-0.2, 0) is 6.54 Å². The van der Waals surface area contributed by atoms with Gasteiger partial charge in [-0.1, -0.05) is 11.3 Å². The molecule has 0 N–H and O–H groups in total. The molecule has 4 aromatic heterocycles. The Hall–Kier alpha value is -2.61. The van der Waals surface area contributed by atoms with Crippen LogP contribution in [0.15, 0.2) is 59.7 Å². The average Bonchev–Trinajstić information content (AvgIpc) is 3.40. The molecule has 0 saturated carbocycles. The van der Waals surface area contributed by atoms with Gasteiger partial charge in [0, 0.05) is 50.3 Å². The van der Waals surface area contributed by atoms with E-state index in [-0.39, 0.29) is 6.04 Å². The maximum Gasteiger partial charge on any atom is 0.109 e. The van der Waals surface area contributed by atoms with E-state index in [1.165, 1.54) is 16.7 Å². The van der Waals surface area contributed by atoms with E-state index >= 15 is 0 Å². The number of pyridine rings is 2. The zero-order valence-corrected chi connectivity index (χ0v) is 16.6. The molecule has 1 fully saturated rings. The largest absolute Gasteiger partial charge is 0.296 e. The van der Waals surface area contributed by atoms with Gasteiger partial charge in [0.15, 0.2) is 0 Å². The molecule has 7 heteroatoms. The number of likely N-dealkylation sites (N-methyl/N-ethyl adjacent to an activating group) is 1. The van der Waals surface area contributed by atoms with Gasteiger partial charge in [0.2, 0.25) is 0 Å². The van der Waals surface area contributed by atoms with E-state index in [0.717, 1.165) is 37.4 Å². The molecule has 0 aliphatic carbocycles. The van der Waals surface area contributed by atoms with E-state index in [1.807, 2.05) is 16.9 Å². The van der Waals surface area contributed by atoms with E-state index in [1.54, 1.807) is 11.3 Å². The summed E-state index contributed by atoms with van der Waals surface area (Å²) in [5, 5.41) is 13.3. The first kappa shape index (κ1) is 17.5. The minimum Gasteiger partial charge on any atom is -0.296 e. The molecular formula is C21H22N6S. The Morgan fingerprint density at radius 3 is 2.79 bits per heavy atom. The average molecular weight is 391 g/mol. The van der Waals surface area contributed by atoms with Gasteiger partial charge < -0.3 is 0 Å². The lowest BCUT2D eigenvalue weighted by molar-refractivity contribution is 0.0889. The maximum atomic E-state index is 4.57. The highest BCUT2D eigenvalue weighted by atomic mass is 32.1. The summed E-state index contributed by atoms with van der Waals surface area (Å²) >= 11 is 1.71. The summed E-state index contributed by atoms with van der Waals surface area (Å²) < 4.78 is 1.91. The lowest BCUT2D eigenvalue weighted by Crippen LogP contribution is -2.46. The fourth-order valence-corrected chi connectivity index (χ4v) is 4.53. The van der Waals surface area contributed by atoms with Crippen molar-refractivity contribution in [1.82, 2.24) is 29.6 Å². The Morgan fingerprint density at radius 2 is 1.96 bits per heavy atom. The zero-order valence-electron chi connectivity index (χ0n) is 15.8. The molecule has 6 nitrogen and oxygen atoms in total. The highest BCUT2D eigenvalue weighted by Gasteiger charge is 2.29. The Labute approximate surface area is 168 Å². The van der Waals surface area contributed by atoms with Gasteiger partial charge in [0.1, 0.15) is 5.69 Å². The Morgan fingerprint density at radius 1 is 1.07 bits per heavy atom. The Bertz CT molecular complexity index is 1060. The van der Waals surface area contributed by atoms with Crippen molar-refractivity contribution in [3.05, 3.63) is 70.9 Å². The second-order valence-electron chi connectivity index (χ2n) is 7.32. The van der Waals surface area contributed by atoms with Crippen molar-refractivity contribution in [1.29, 1.82) is 0 Å². The van der Waals surface area contributed by atoms with Gasteiger partial charge in [-0.25, -0.2) is 4.52 Å². The van der Waals surface area contributed by atoms with Crippen molar-refractivity contribution in [3.63, 3.8) is 0 Å². The lowest BCUT2D eigenvalue weighted by atomic mass is 10.1. The Balaban J connectivity index is 1.41. The van der Waals surface area contributed by atoms with Crippen LogP contribution >= 0.6 is 11.3 Å². The summed E-state index contributed by atoms with van der Waals surface area (Å²) in [6.45, 7) is 3.95. The van der Waals surface area contributed by atoms with Gasteiger partial charge in [-0.05, 0) is 53.2 Å². The number of thiophene rings is 1. The number of rotatable bonds is 4. The molecular weight excluding hydrogens is 368 g/mol. The highest BCUT2D eigenvalue weighted by Crippen LogP contribution is 2.28. The van der Waals surface area contributed by atoms with Crippen LogP contribution in [0.25, 0.3) is 16.6 Å². The van der Waals surface area contributed by atoms with Crippen molar-refractivity contribution >= 4 is 16.9 Å². The van der Waals surface area contributed by atoms with Gasteiger partial charge in [-0.3, -0.25) is 14.8 Å². The lowest BCUT2D eigenvalue weighted by Gasteiger charge is -2.38. The molecule has 4 aromatic rings. The summed E-state index contributed by atoms with van der Waals surface area (Å²) in [7, 11) is 2.18. The van der Waals surface area contributed by atoms with E-state index in [9.17, 15) is 0 Å². The molecule has 1 aliphatic heterocycles. The van der Waals surface area contributed by atoms with Gasteiger partial charge in [-0.2, -0.15) is 11.3 Å². The molecule has 5 rings (SSSR count). The molecule has 0 spiro atoms. The van der Waals surface area contributed by atoms with Crippen molar-refractivity contribution in [2.45, 2.75) is 12.6 Å². The molecule has 1 aliphatic rings. The topological polar surface area (TPSA) is 49.6 Å². The van der Waals surface area contributed by atoms with Crippen LogP contribution in [0, 0.1) is 0 Å². The van der Waals surface area contributed by atoms with Gasteiger partial charge in [-0.15, -0.1) is 5.10 Å². The molecule has 5 heterocycles. The SMILES string of the molecule is CN1CCN(Cc2ccncc2)C[C@@H]1c1nnn2cc(-c3ccsc3)ccc12. The van der Waals surface area contributed by atoms with Crippen LogP contribution < -0.4 is 0 Å². The van der Waals surface area contributed by atoms with Crippen molar-refractivity contribution in [3.8, 4) is 11.1 Å². The first-order valence-corrected chi connectivity index (χ1v) is 10.4. The first-order chi connectivity index (χ1) is 13.8. The summed E-state index contributed by atoms with van der Waals surface area (Å²) in [6, 6.07) is 10.9. The van der Waals surface area contributed by atoms with Crippen LogP contribution in [0.5, 0.6) is 0 Å². The normalized spacial score (nSPS) is 18.7. The molecule has 1 atom stereocenters. The predicted octanol–water partition coefficient (Wildman–Crippen LogP) is 3.34. The standard InChI is InChI=1S/C21H22N6S/c1-25-9-10-26(12-16-4-7-22-8-5-16)14-20(25)21-19-3-2-17(13-27(19)24-23-21)18-6-11-28-15-18/h2-8,11,13,15,20H,9-10,12,14H2,1H3/t20-/m1/s1. The van der Waals surface area contributed by atoms with Crippen molar-refractivity contribution in [2.75, 3.05) is 26.7 Å². The molecule has 28 heavy (non-hydrogen) atoms. The number of aromatic nitrogens is 4. The summed E-state index contributed by atoms with van der Waals surface area (Å²) in [5.41, 5.74) is 5.83. The zero-order chi connectivity index (χ0) is 18.9. The van der Waals surface area contributed by atoms with Crippen LogP contribution in [0.3, 0.4) is 0 Å².